The number of aliphatic imine (C=N–C) groups is 1. The number of aliphatic hydroxyl groups excluding tert-OH is 1. The highest BCUT2D eigenvalue weighted by molar-refractivity contribution is 5.79. The van der Waals surface area contributed by atoms with Crippen LogP contribution in [0.2, 0.25) is 0 Å². The van der Waals surface area contributed by atoms with E-state index < -0.39 is 0 Å². The number of hydrogen-bond donors (Lipinski definition) is 3. The number of benzene rings is 1. The van der Waals surface area contributed by atoms with Crippen molar-refractivity contribution in [3.8, 4) is 5.75 Å². The van der Waals surface area contributed by atoms with Crippen LogP contribution in [0.3, 0.4) is 0 Å². The Morgan fingerprint density at radius 3 is 2.58 bits per heavy atom. The van der Waals surface area contributed by atoms with Crippen molar-refractivity contribution in [3.05, 3.63) is 29.8 Å². The molecule has 5 nitrogen and oxygen atoms in total. The van der Waals surface area contributed by atoms with Crippen LogP contribution in [-0.2, 0) is 6.42 Å². The third-order valence-electron chi connectivity index (χ3n) is 2.58. The van der Waals surface area contributed by atoms with Crippen LogP contribution >= 0.6 is 0 Å². The summed E-state index contributed by atoms with van der Waals surface area (Å²) < 4.78 is 5.12. The molecule has 106 valence electrons. The first-order valence-corrected chi connectivity index (χ1v) is 6.56. The first-order chi connectivity index (χ1) is 9.30. The minimum absolute atomic E-state index is 0.0645. The first-order valence-electron chi connectivity index (χ1n) is 6.56. The van der Waals surface area contributed by atoms with Gasteiger partial charge in [0.1, 0.15) is 5.75 Å². The average molecular weight is 265 g/mol. The lowest BCUT2D eigenvalue weighted by Gasteiger charge is -2.11. The Hall–Kier alpha value is -1.75. The molecule has 3 N–H and O–H groups in total. The second kappa shape index (κ2) is 9.22. The summed E-state index contributed by atoms with van der Waals surface area (Å²) >= 11 is 0. The molecule has 0 saturated carbocycles. The standard InChI is InChI=1S/C14H23N3O2/c1-3-15-14(17-10-11-18)16-9-8-12-4-6-13(19-2)7-5-12/h4-7,18H,3,8-11H2,1-2H3,(H2,15,16,17). The van der Waals surface area contributed by atoms with Crippen molar-refractivity contribution in [1.29, 1.82) is 0 Å². The number of nitrogens with zero attached hydrogens (tertiary/aromatic N) is 1. The maximum absolute atomic E-state index is 8.76. The highest BCUT2D eigenvalue weighted by atomic mass is 16.5. The van der Waals surface area contributed by atoms with Crippen molar-refractivity contribution in [2.45, 2.75) is 13.3 Å². The topological polar surface area (TPSA) is 65.9 Å². The molecule has 0 aliphatic heterocycles. The summed E-state index contributed by atoms with van der Waals surface area (Å²) in [5.41, 5.74) is 1.24. The van der Waals surface area contributed by atoms with E-state index in [9.17, 15) is 0 Å². The van der Waals surface area contributed by atoms with Gasteiger partial charge in [0.25, 0.3) is 0 Å². The Bertz CT molecular complexity index is 377. The maximum Gasteiger partial charge on any atom is 0.191 e. The van der Waals surface area contributed by atoms with Crippen LogP contribution in [0.4, 0.5) is 0 Å². The minimum Gasteiger partial charge on any atom is -0.497 e. The van der Waals surface area contributed by atoms with Gasteiger partial charge in [-0.25, -0.2) is 0 Å². The number of ether oxygens (including phenoxy) is 1. The fourth-order valence-corrected chi connectivity index (χ4v) is 1.62. The second-order valence-corrected chi connectivity index (χ2v) is 4.01. The van der Waals surface area contributed by atoms with Gasteiger partial charge in [-0.05, 0) is 31.0 Å². The lowest BCUT2D eigenvalue weighted by atomic mass is 10.1. The number of hydrogen-bond acceptors (Lipinski definition) is 3. The molecule has 1 aromatic carbocycles. The summed E-state index contributed by atoms with van der Waals surface area (Å²) in [5, 5.41) is 15.1. The number of aliphatic hydroxyl groups is 1. The quantitative estimate of drug-likeness (QED) is 0.503. The predicted octanol–water partition coefficient (Wildman–Crippen LogP) is 0.785. The number of nitrogens with one attached hydrogen (secondary N) is 2. The van der Waals surface area contributed by atoms with Crippen molar-refractivity contribution < 1.29 is 9.84 Å². The molecular weight excluding hydrogens is 242 g/mol. The highest BCUT2D eigenvalue weighted by Gasteiger charge is 1.98. The molecule has 5 heteroatoms. The van der Waals surface area contributed by atoms with E-state index in [0.29, 0.717) is 6.54 Å². The van der Waals surface area contributed by atoms with Crippen molar-refractivity contribution in [3.63, 3.8) is 0 Å². The van der Waals surface area contributed by atoms with Crippen molar-refractivity contribution in [2.75, 3.05) is 33.4 Å². The second-order valence-electron chi connectivity index (χ2n) is 4.01. The summed E-state index contributed by atoms with van der Waals surface area (Å²) in [6, 6.07) is 8.03. The molecule has 0 spiro atoms. The molecule has 0 aliphatic carbocycles. The van der Waals surface area contributed by atoms with E-state index in [0.717, 1.165) is 31.2 Å². The molecule has 0 radical (unpaired) electrons. The zero-order valence-electron chi connectivity index (χ0n) is 11.6. The molecule has 0 unspecified atom stereocenters. The van der Waals surface area contributed by atoms with Crippen molar-refractivity contribution >= 4 is 5.96 Å². The molecule has 0 atom stereocenters. The zero-order valence-corrected chi connectivity index (χ0v) is 11.6. The minimum atomic E-state index is 0.0645. The van der Waals surface area contributed by atoms with Crippen LogP contribution in [0.25, 0.3) is 0 Å². The maximum atomic E-state index is 8.76. The molecular formula is C14H23N3O2. The smallest absolute Gasteiger partial charge is 0.191 e. The van der Waals surface area contributed by atoms with E-state index in [1.807, 2.05) is 19.1 Å². The fourth-order valence-electron chi connectivity index (χ4n) is 1.62. The van der Waals surface area contributed by atoms with Crippen LogP contribution in [0.5, 0.6) is 5.75 Å². The van der Waals surface area contributed by atoms with E-state index in [-0.39, 0.29) is 6.61 Å². The number of guanidine groups is 1. The third kappa shape index (κ3) is 6.10. The molecule has 0 saturated heterocycles. The van der Waals surface area contributed by atoms with E-state index in [2.05, 4.69) is 27.8 Å². The van der Waals surface area contributed by atoms with Gasteiger partial charge in [0.05, 0.1) is 20.3 Å². The monoisotopic (exact) mass is 265 g/mol. The van der Waals surface area contributed by atoms with Gasteiger partial charge < -0.3 is 20.5 Å². The van der Waals surface area contributed by atoms with Gasteiger partial charge in [0.2, 0.25) is 0 Å². The zero-order chi connectivity index (χ0) is 13.9. The van der Waals surface area contributed by atoms with E-state index in [4.69, 9.17) is 9.84 Å². The number of rotatable bonds is 7. The van der Waals surface area contributed by atoms with Crippen molar-refractivity contribution in [1.82, 2.24) is 10.6 Å². The van der Waals surface area contributed by atoms with Gasteiger partial charge >= 0.3 is 0 Å². The molecule has 19 heavy (non-hydrogen) atoms. The van der Waals surface area contributed by atoms with E-state index >= 15 is 0 Å². The summed E-state index contributed by atoms with van der Waals surface area (Å²) in [4.78, 5) is 4.21. The first kappa shape index (κ1) is 15.3. The Morgan fingerprint density at radius 1 is 1.26 bits per heavy atom. The summed E-state index contributed by atoms with van der Waals surface area (Å²) in [6.07, 6.45) is 0.910. The number of methoxy groups -OCH3 is 1. The Balaban J connectivity index is 2.37. The largest absolute Gasteiger partial charge is 0.497 e. The summed E-state index contributed by atoms with van der Waals surface area (Å²) in [7, 11) is 1.66. The van der Waals surface area contributed by atoms with E-state index in [1.165, 1.54) is 5.56 Å². The van der Waals surface area contributed by atoms with Gasteiger partial charge in [0, 0.05) is 13.1 Å². The van der Waals surface area contributed by atoms with Crippen LogP contribution in [0, 0.1) is 0 Å². The summed E-state index contributed by atoms with van der Waals surface area (Å²) in [6.45, 7) is 4.09. The van der Waals surface area contributed by atoms with Crippen LogP contribution in [-0.4, -0.2) is 44.4 Å². The lowest BCUT2D eigenvalue weighted by molar-refractivity contribution is 0.306. The van der Waals surface area contributed by atoms with Gasteiger partial charge in [0.15, 0.2) is 5.96 Å². The van der Waals surface area contributed by atoms with Gasteiger partial charge in [-0.3, -0.25) is 4.99 Å². The molecule has 0 aliphatic rings. The summed E-state index contributed by atoms with van der Waals surface area (Å²) in [5.74, 6) is 1.61. The SMILES string of the molecule is CCNC(=NCCO)NCCc1ccc(OC)cc1. The third-order valence-corrected chi connectivity index (χ3v) is 2.58. The Kier molecular flexibility index (Phi) is 7.43. The molecule has 0 heterocycles. The lowest BCUT2D eigenvalue weighted by Crippen LogP contribution is -2.38. The van der Waals surface area contributed by atoms with E-state index in [1.54, 1.807) is 7.11 Å². The average Bonchev–Trinajstić information content (AvgIpc) is 2.45. The highest BCUT2D eigenvalue weighted by Crippen LogP contribution is 2.11. The normalized spacial score (nSPS) is 11.2. The molecule has 0 amide bonds. The van der Waals surface area contributed by atoms with Gasteiger partial charge in [-0.2, -0.15) is 0 Å². The molecule has 0 bridgehead atoms. The Morgan fingerprint density at radius 2 is 2.00 bits per heavy atom. The molecule has 0 fully saturated rings. The molecule has 1 aromatic rings. The van der Waals surface area contributed by atoms with Crippen LogP contribution < -0.4 is 15.4 Å². The van der Waals surface area contributed by atoms with Crippen LogP contribution in [0.15, 0.2) is 29.3 Å². The van der Waals surface area contributed by atoms with Gasteiger partial charge in [-0.15, -0.1) is 0 Å². The predicted molar refractivity (Wildman–Crippen MR) is 77.8 cm³/mol. The molecule has 1 rings (SSSR count). The van der Waals surface area contributed by atoms with Crippen LogP contribution in [0.1, 0.15) is 12.5 Å². The van der Waals surface area contributed by atoms with Gasteiger partial charge in [-0.1, -0.05) is 12.1 Å². The van der Waals surface area contributed by atoms with Crippen molar-refractivity contribution in [2.24, 2.45) is 4.99 Å². The fraction of sp³-hybridized carbons (Fsp3) is 0.500. The Labute approximate surface area is 114 Å². The molecule has 0 aromatic heterocycles.